The molecular weight excluding hydrogens is 392 g/mol. The molecule has 3 aromatic heterocycles. The molecule has 0 radical (unpaired) electrons. The van der Waals surface area contributed by atoms with Crippen molar-refractivity contribution in [2.24, 2.45) is 0 Å². The first-order valence-corrected chi connectivity index (χ1v) is 9.85. The van der Waals surface area contributed by atoms with Crippen molar-refractivity contribution < 1.29 is 0 Å². The van der Waals surface area contributed by atoms with Gasteiger partial charge in [0, 0.05) is 33.2 Å². The van der Waals surface area contributed by atoms with E-state index in [1.165, 1.54) is 10.4 Å². The molecule has 120 valence electrons. The summed E-state index contributed by atoms with van der Waals surface area (Å²) < 4.78 is 1.06. The van der Waals surface area contributed by atoms with Gasteiger partial charge >= 0.3 is 0 Å². The standard InChI is InChI=1S/C16H17BrN4S2/c1-3-13-15(17)10(2)14(23-13)7-18-5-4-6-19-16-20-11-8-22-9-12(11)21-16/h1,8-9,18H,4-7H2,2H3,(H2,19,20,21). The topological polar surface area (TPSA) is 52.7 Å². The van der Waals surface area contributed by atoms with Crippen molar-refractivity contribution in [1.29, 1.82) is 0 Å². The lowest BCUT2D eigenvalue weighted by Gasteiger charge is -2.05. The van der Waals surface area contributed by atoms with Gasteiger partial charge < -0.3 is 15.6 Å². The molecule has 3 heterocycles. The summed E-state index contributed by atoms with van der Waals surface area (Å²) in [5.41, 5.74) is 3.36. The van der Waals surface area contributed by atoms with E-state index in [2.05, 4.69) is 54.8 Å². The molecule has 0 amide bonds. The third kappa shape index (κ3) is 3.78. The van der Waals surface area contributed by atoms with E-state index in [-0.39, 0.29) is 0 Å². The number of fused-ring (bicyclic) bond motifs is 1. The quantitative estimate of drug-likeness (QED) is 0.402. The number of nitrogens with zero attached hydrogens (tertiary/aromatic N) is 1. The van der Waals surface area contributed by atoms with Gasteiger partial charge in [0.2, 0.25) is 5.95 Å². The number of hydrogen-bond acceptors (Lipinski definition) is 5. The summed E-state index contributed by atoms with van der Waals surface area (Å²) in [6, 6.07) is 0. The highest BCUT2D eigenvalue weighted by molar-refractivity contribution is 9.10. The van der Waals surface area contributed by atoms with Crippen LogP contribution >= 0.6 is 38.6 Å². The second-order valence-corrected chi connectivity index (χ2v) is 7.79. The minimum atomic E-state index is 0.847. The highest BCUT2D eigenvalue weighted by atomic mass is 79.9. The Balaban J connectivity index is 1.39. The fourth-order valence-electron chi connectivity index (χ4n) is 2.25. The molecule has 23 heavy (non-hydrogen) atoms. The van der Waals surface area contributed by atoms with Crippen molar-refractivity contribution in [3.63, 3.8) is 0 Å². The van der Waals surface area contributed by atoms with Crippen molar-refractivity contribution in [3.05, 3.63) is 30.6 Å². The maximum Gasteiger partial charge on any atom is 0.201 e. The van der Waals surface area contributed by atoms with Gasteiger partial charge in [0.15, 0.2) is 0 Å². The lowest BCUT2D eigenvalue weighted by molar-refractivity contribution is 0.666. The highest BCUT2D eigenvalue weighted by Crippen LogP contribution is 2.31. The van der Waals surface area contributed by atoms with Crippen LogP contribution in [-0.2, 0) is 6.54 Å². The normalized spacial score (nSPS) is 11.0. The fourth-order valence-corrected chi connectivity index (χ4v) is 4.65. The second kappa shape index (κ2) is 7.49. The van der Waals surface area contributed by atoms with Crippen LogP contribution in [-0.4, -0.2) is 23.1 Å². The Labute approximate surface area is 151 Å². The summed E-state index contributed by atoms with van der Waals surface area (Å²) in [6.45, 7) is 4.78. The summed E-state index contributed by atoms with van der Waals surface area (Å²) >= 11 is 6.89. The van der Waals surface area contributed by atoms with Crippen LogP contribution in [0.2, 0.25) is 0 Å². The first-order chi connectivity index (χ1) is 11.2. The van der Waals surface area contributed by atoms with Crippen LogP contribution in [0.15, 0.2) is 15.2 Å². The van der Waals surface area contributed by atoms with E-state index in [1.54, 1.807) is 22.7 Å². The monoisotopic (exact) mass is 408 g/mol. The van der Waals surface area contributed by atoms with Crippen molar-refractivity contribution in [3.8, 4) is 12.3 Å². The van der Waals surface area contributed by atoms with Crippen LogP contribution in [0.4, 0.5) is 5.95 Å². The zero-order chi connectivity index (χ0) is 16.2. The van der Waals surface area contributed by atoms with Crippen LogP contribution in [0.25, 0.3) is 11.0 Å². The number of hydrogen-bond donors (Lipinski definition) is 3. The maximum atomic E-state index is 5.50. The molecule has 3 aromatic rings. The Kier molecular flexibility index (Phi) is 5.38. The number of thiophene rings is 2. The number of terminal acetylenes is 1. The van der Waals surface area contributed by atoms with E-state index in [0.29, 0.717) is 0 Å². The maximum absolute atomic E-state index is 5.50. The Morgan fingerprint density at radius 2 is 2.26 bits per heavy atom. The summed E-state index contributed by atoms with van der Waals surface area (Å²) in [5, 5.41) is 10.9. The molecule has 0 saturated carbocycles. The summed E-state index contributed by atoms with van der Waals surface area (Å²) in [4.78, 5) is 10.00. The molecule has 7 heteroatoms. The Hall–Kier alpha value is -1.33. The first-order valence-electron chi connectivity index (χ1n) is 7.30. The minimum absolute atomic E-state index is 0.847. The van der Waals surface area contributed by atoms with Crippen molar-refractivity contribution in [1.82, 2.24) is 15.3 Å². The van der Waals surface area contributed by atoms with Crippen LogP contribution in [0, 0.1) is 19.3 Å². The Morgan fingerprint density at radius 1 is 1.39 bits per heavy atom. The number of imidazole rings is 1. The minimum Gasteiger partial charge on any atom is -0.356 e. The number of halogens is 1. The van der Waals surface area contributed by atoms with Gasteiger partial charge in [-0.2, -0.15) is 0 Å². The van der Waals surface area contributed by atoms with E-state index in [4.69, 9.17) is 6.42 Å². The van der Waals surface area contributed by atoms with E-state index < -0.39 is 0 Å². The average Bonchev–Trinajstić information content (AvgIpc) is 3.19. The van der Waals surface area contributed by atoms with Gasteiger partial charge in [-0.05, 0) is 41.4 Å². The predicted molar refractivity (Wildman–Crippen MR) is 103 cm³/mol. The third-order valence-electron chi connectivity index (χ3n) is 3.54. The van der Waals surface area contributed by atoms with Crippen LogP contribution in [0.1, 0.15) is 21.7 Å². The number of H-pyrrole nitrogens is 1. The van der Waals surface area contributed by atoms with Crippen LogP contribution < -0.4 is 10.6 Å². The second-order valence-electron chi connectivity index (χ2n) is 5.15. The van der Waals surface area contributed by atoms with Gasteiger partial charge in [-0.1, -0.05) is 5.92 Å². The summed E-state index contributed by atoms with van der Waals surface area (Å²) in [5.74, 6) is 3.57. The Bertz CT molecular complexity index is 812. The predicted octanol–water partition coefficient (Wildman–Crippen LogP) is 4.33. The van der Waals surface area contributed by atoms with E-state index in [0.717, 1.165) is 52.4 Å². The van der Waals surface area contributed by atoms with Crippen molar-refractivity contribution in [2.45, 2.75) is 19.9 Å². The zero-order valence-corrected chi connectivity index (χ0v) is 15.9. The molecule has 0 atom stereocenters. The van der Waals surface area contributed by atoms with Gasteiger partial charge in [0.05, 0.1) is 10.4 Å². The first kappa shape index (κ1) is 16.5. The van der Waals surface area contributed by atoms with Gasteiger partial charge in [0.1, 0.15) is 5.52 Å². The number of aromatic nitrogens is 2. The molecule has 0 unspecified atom stereocenters. The Morgan fingerprint density at radius 3 is 3.00 bits per heavy atom. The molecule has 3 N–H and O–H groups in total. The third-order valence-corrected chi connectivity index (χ3v) is 6.75. The number of aromatic amines is 1. The fraction of sp³-hybridized carbons (Fsp3) is 0.312. The van der Waals surface area contributed by atoms with Crippen molar-refractivity contribution in [2.75, 3.05) is 18.4 Å². The lowest BCUT2D eigenvalue weighted by atomic mass is 10.2. The molecule has 0 bridgehead atoms. The molecule has 0 spiro atoms. The molecule has 0 aromatic carbocycles. The molecule has 0 saturated heterocycles. The van der Waals surface area contributed by atoms with Gasteiger partial charge in [-0.15, -0.1) is 29.1 Å². The van der Waals surface area contributed by atoms with E-state index in [9.17, 15) is 0 Å². The molecule has 0 fully saturated rings. The number of rotatable bonds is 7. The SMILES string of the molecule is C#Cc1sc(CNCCCNc2nc3cscc3[nH]2)c(C)c1Br. The van der Waals surface area contributed by atoms with E-state index >= 15 is 0 Å². The summed E-state index contributed by atoms with van der Waals surface area (Å²) in [6.07, 6.45) is 6.53. The van der Waals surface area contributed by atoms with Crippen LogP contribution in [0.5, 0.6) is 0 Å². The highest BCUT2D eigenvalue weighted by Gasteiger charge is 2.10. The molecule has 0 aliphatic rings. The lowest BCUT2D eigenvalue weighted by Crippen LogP contribution is -2.17. The molecular formula is C16H17BrN4S2. The zero-order valence-electron chi connectivity index (χ0n) is 12.7. The summed E-state index contributed by atoms with van der Waals surface area (Å²) in [7, 11) is 0. The van der Waals surface area contributed by atoms with Crippen molar-refractivity contribution >= 4 is 55.6 Å². The molecule has 3 rings (SSSR count). The van der Waals surface area contributed by atoms with Crippen LogP contribution in [0.3, 0.4) is 0 Å². The molecule has 0 aliphatic heterocycles. The molecule has 4 nitrogen and oxygen atoms in total. The molecule has 0 aliphatic carbocycles. The smallest absolute Gasteiger partial charge is 0.201 e. The largest absolute Gasteiger partial charge is 0.356 e. The number of nitrogens with one attached hydrogen (secondary N) is 3. The number of anilines is 1. The van der Waals surface area contributed by atoms with Gasteiger partial charge in [-0.3, -0.25) is 0 Å². The van der Waals surface area contributed by atoms with E-state index in [1.807, 2.05) is 5.38 Å². The average molecular weight is 409 g/mol. The van der Waals surface area contributed by atoms with Gasteiger partial charge in [-0.25, -0.2) is 4.98 Å². The van der Waals surface area contributed by atoms with Gasteiger partial charge in [0.25, 0.3) is 0 Å².